The maximum absolute atomic E-state index is 13.4. The monoisotopic (exact) mass is 450 g/mol. The van der Waals surface area contributed by atoms with Gasteiger partial charge in [0.05, 0.1) is 0 Å². The van der Waals surface area contributed by atoms with Gasteiger partial charge in [0.1, 0.15) is 0 Å². The van der Waals surface area contributed by atoms with Crippen molar-refractivity contribution in [1.29, 1.82) is 0 Å². The van der Waals surface area contributed by atoms with Crippen LogP contribution in [0.5, 0.6) is 0 Å². The van der Waals surface area contributed by atoms with E-state index in [4.69, 9.17) is 0 Å². The van der Waals surface area contributed by atoms with Gasteiger partial charge in [0.25, 0.3) is 0 Å². The summed E-state index contributed by atoms with van der Waals surface area (Å²) in [7, 11) is -7.43. The molecule has 0 aliphatic carbocycles. The number of rotatable bonds is 11. The van der Waals surface area contributed by atoms with Crippen LogP contribution in [0, 0.1) is 0 Å². The fourth-order valence-corrected chi connectivity index (χ4v) is 2.30. The van der Waals surface area contributed by atoms with Crippen LogP contribution in [0.4, 0.5) is 39.5 Å². The first-order valence-electron chi connectivity index (χ1n) is 7.09. The molecule has 0 saturated carbocycles. The van der Waals surface area contributed by atoms with Crippen LogP contribution in [0.25, 0.3) is 0 Å². The molecule has 26 heavy (non-hydrogen) atoms. The van der Waals surface area contributed by atoms with E-state index in [1.54, 1.807) is 6.92 Å². The molecule has 0 radical (unpaired) electrons. The second kappa shape index (κ2) is 10.1. The van der Waals surface area contributed by atoms with Crippen LogP contribution in [0.3, 0.4) is 0 Å². The van der Waals surface area contributed by atoms with Gasteiger partial charge in [-0.3, -0.25) is 0 Å². The van der Waals surface area contributed by atoms with Gasteiger partial charge >= 0.3 is 74.4 Å². The van der Waals surface area contributed by atoms with Gasteiger partial charge in [-0.05, 0) is 6.42 Å². The molecular weight excluding hydrogens is 434 g/mol. The molecule has 0 spiro atoms. The maximum Gasteiger partial charge on any atom is 1.00 e. The van der Waals surface area contributed by atoms with Crippen LogP contribution < -0.4 is 51.4 Å². The Bertz CT molecular complexity index is 540. The molecular formula is C12H16F9KO3S. The Kier molecular flexibility index (Phi) is 11.3. The van der Waals surface area contributed by atoms with E-state index in [-0.39, 0.29) is 57.8 Å². The molecule has 0 N–H and O–H groups in total. The van der Waals surface area contributed by atoms with E-state index in [2.05, 4.69) is 0 Å². The van der Waals surface area contributed by atoms with E-state index in [0.29, 0.717) is 19.3 Å². The predicted octanol–water partition coefficient (Wildman–Crippen LogP) is 1.73. The van der Waals surface area contributed by atoms with Gasteiger partial charge in [-0.1, -0.05) is 39.0 Å². The molecule has 0 aromatic rings. The molecule has 0 aromatic heterocycles. The molecule has 1 unspecified atom stereocenters. The minimum absolute atomic E-state index is 0. The number of hydrogen-bond acceptors (Lipinski definition) is 3. The fraction of sp³-hybridized carbons (Fsp3) is 1.00. The SMILES string of the molecule is CCCCCCCC(F)C(F)(F)C(F)(F)C(F)(F)C(F)(F)S(=O)(=O)[O-].[K+]. The molecule has 0 aromatic carbocycles. The van der Waals surface area contributed by atoms with Gasteiger partial charge < -0.3 is 4.55 Å². The third-order valence-corrected chi connectivity index (χ3v) is 4.33. The first kappa shape index (κ1) is 29.1. The average Bonchev–Trinajstić information content (AvgIpc) is 2.44. The molecule has 0 rings (SSSR count). The summed E-state index contributed by atoms with van der Waals surface area (Å²) >= 11 is 0. The third kappa shape index (κ3) is 5.72. The summed E-state index contributed by atoms with van der Waals surface area (Å²) in [6.07, 6.45) is -3.83. The zero-order valence-electron chi connectivity index (χ0n) is 13.9. The Morgan fingerprint density at radius 3 is 1.65 bits per heavy atom. The Morgan fingerprint density at radius 2 is 1.27 bits per heavy atom. The van der Waals surface area contributed by atoms with Crippen molar-refractivity contribution in [1.82, 2.24) is 0 Å². The molecule has 0 heterocycles. The fourth-order valence-electron chi connectivity index (χ4n) is 1.85. The first-order valence-corrected chi connectivity index (χ1v) is 8.50. The molecule has 0 bridgehead atoms. The largest absolute Gasteiger partial charge is 1.00 e. The van der Waals surface area contributed by atoms with Gasteiger partial charge in [0.2, 0.25) is 0 Å². The van der Waals surface area contributed by atoms with Crippen molar-refractivity contribution in [3.05, 3.63) is 0 Å². The minimum atomic E-state index is -7.43. The molecule has 152 valence electrons. The molecule has 0 aliphatic heterocycles. The molecule has 0 amide bonds. The standard InChI is InChI=1S/C12H17F9O3S.K/c1-2-3-4-5-6-7-8(13)9(14,15)10(16,17)11(18,19)12(20,21)25(22,23)24;/h8H,2-7H2,1H3,(H,22,23,24);/q;+1/p-1. The van der Waals surface area contributed by atoms with Crippen molar-refractivity contribution in [2.45, 2.75) is 74.6 Å². The zero-order chi connectivity index (χ0) is 20.3. The second-order valence-electron chi connectivity index (χ2n) is 5.41. The molecule has 3 nitrogen and oxygen atoms in total. The van der Waals surface area contributed by atoms with Gasteiger partial charge in [-0.2, -0.15) is 35.1 Å². The number of unbranched alkanes of at least 4 members (excludes halogenated alkanes) is 4. The maximum atomic E-state index is 13.4. The Morgan fingerprint density at radius 1 is 0.846 bits per heavy atom. The van der Waals surface area contributed by atoms with E-state index in [0.717, 1.165) is 0 Å². The first-order chi connectivity index (χ1) is 11.0. The van der Waals surface area contributed by atoms with Crippen molar-refractivity contribution in [2.24, 2.45) is 0 Å². The Hall–Kier alpha value is 0.916. The van der Waals surface area contributed by atoms with Crippen molar-refractivity contribution < 1.29 is 104 Å². The van der Waals surface area contributed by atoms with Crippen molar-refractivity contribution >= 4 is 10.1 Å². The van der Waals surface area contributed by atoms with Gasteiger partial charge in [-0.15, -0.1) is 0 Å². The number of hydrogen-bond donors (Lipinski definition) is 0. The van der Waals surface area contributed by atoms with Crippen LogP contribution in [-0.4, -0.2) is 42.2 Å². The third-order valence-electron chi connectivity index (χ3n) is 3.45. The molecule has 0 aliphatic rings. The van der Waals surface area contributed by atoms with E-state index in [1.807, 2.05) is 0 Å². The average molecular weight is 450 g/mol. The zero-order valence-corrected chi connectivity index (χ0v) is 17.8. The van der Waals surface area contributed by atoms with Gasteiger partial charge in [0.15, 0.2) is 16.3 Å². The van der Waals surface area contributed by atoms with E-state index in [1.165, 1.54) is 0 Å². The van der Waals surface area contributed by atoms with Crippen LogP contribution >= 0.6 is 0 Å². The van der Waals surface area contributed by atoms with E-state index >= 15 is 0 Å². The van der Waals surface area contributed by atoms with Gasteiger partial charge in [0, 0.05) is 0 Å². The van der Waals surface area contributed by atoms with E-state index in [9.17, 15) is 52.5 Å². The summed E-state index contributed by atoms with van der Waals surface area (Å²) in [5.74, 6) is -20.8. The Labute approximate surface area is 187 Å². The van der Waals surface area contributed by atoms with Crippen LogP contribution in [0.1, 0.15) is 45.4 Å². The molecule has 0 saturated heterocycles. The van der Waals surface area contributed by atoms with E-state index < -0.39 is 52.2 Å². The van der Waals surface area contributed by atoms with Crippen molar-refractivity contribution in [3.63, 3.8) is 0 Å². The minimum Gasteiger partial charge on any atom is -0.743 e. The molecule has 14 heteroatoms. The molecule has 0 fully saturated rings. The summed E-state index contributed by atoms with van der Waals surface area (Å²) in [6.45, 7) is 1.78. The quantitative estimate of drug-likeness (QED) is 0.209. The predicted molar refractivity (Wildman–Crippen MR) is 67.8 cm³/mol. The van der Waals surface area contributed by atoms with Crippen LogP contribution in [-0.2, 0) is 10.1 Å². The summed E-state index contributed by atoms with van der Waals surface area (Å²) in [5.41, 5.74) is 0. The summed E-state index contributed by atoms with van der Waals surface area (Å²) in [6, 6.07) is 0. The Balaban J connectivity index is 0. The van der Waals surface area contributed by atoms with Crippen LogP contribution in [0.15, 0.2) is 0 Å². The van der Waals surface area contributed by atoms with Crippen molar-refractivity contribution in [3.8, 4) is 0 Å². The number of halogens is 9. The van der Waals surface area contributed by atoms with Gasteiger partial charge in [-0.25, -0.2) is 12.8 Å². The summed E-state index contributed by atoms with van der Waals surface area (Å²) < 4.78 is 149. The second-order valence-corrected chi connectivity index (χ2v) is 6.83. The normalized spacial score (nSPS) is 15.5. The topological polar surface area (TPSA) is 57.2 Å². The van der Waals surface area contributed by atoms with Crippen LogP contribution in [0.2, 0.25) is 0 Å². The summed E-state index contributed by atoms with van der Waals surface area (Å²) in [5, 5.41) is -7.06. The summed E-state index contributed by atoms with van der Waals surface area (Å²) in [4.78, 5) is 0. The molecule has 1 atom stereocenters. The number of alkyl halides is 9. The van der Waals surface area contributed by atoms with Crippen molar-refractivity contribution in [2.75, 3.05) is 0 Å². The smallest absolute Gasteiger partial charge is 0.743 e.